The molecule has 1 aliphatic carbocycles. The fraction of sp³-hybridized carbons (Fsp3) is 1.00. The molecule has 0 radical (unpaired) electrons. The van der Waals surface area contributed by atoms with Gasteiger partial charge in [-0.3, -0.25) is 0 Å². The molecule has 2 unspecified atom stereocenters. The topological polar surface area (TPSA) is 26.0 Å². The van der Waals surface area contributed by atoms with Gasteiger partial charge in [0, 0.05) is 6.04 Å². The summed E-state index contributed by atoms with van der Waals surface area (Å²) < 4.78 is 0. The molecule has 2 N–H and O–H groups in total. The zero-order chi connectivity index (χ0) is 10.7. The van der Waals surface area contributed by atoms with E-state index in [4.69, 9.17) is 5.73 Å². The maximum atomic E-state index is 6.34. The van der Waals surface area contributed by atoms with Crippen LogP contribution in [0.25, 0.3) is 0 Å². The Bertz CT molecular complexity index is 157. The molecule has 84 valence electrons. The normalized spacial score (nSPS) is 33.0. The summed E-state index contributed by atoms with van der Waals surface area (Å²) in [5.74, 6) is 3.13. The van der Waals surface area contributed by atoms with E-state index >= 15 is 0 Å². The lowest BCUT2D eigenvalue weighted by Crippen LogP contribution is -2.40. The lowest BCUT2D eigenvalue weighted by Gasteiger charge is -2.35. The molecule has 0 bridgehead atoms. The van der Waals surface area contributed by atoms with Crippen LogP contribution in [0.3, 0.4) is 0 Å². The van der Waals surface area contributed by atoms with Crippen LogP contribution in [0.2, 0.25) is 0 Å². The smallest absolute Gasteiger partial charge is 0.00954 e. The Morgan fingerprint density at radius 3 is 1.93 bits per heavy atom. The minimum atomic E-state index is 0.433. The summed E-state index contributed by atoms with van der Waals surface area (Å²) in [4.78, 5) is 0. The molecule has 1 heteroatoms. The van der Waals surface area contributed by atoms with E-state index in [1.807, 2.05) is 0 Å². The largest absolute Gasteiger partial charge is 0.327 e. The summed E-state index contributed by atoms with van der Waals surface area (Å²) in [7, 11) is 0. The Kier molecular flexibility index (Phi) is 4.43. The minimum Gasteiger partial charge on any atom is -0.327 e. The van der Waals surface area contributed by atoms with Crippen LogP contribution in [-0.2, 0) is 0 Å². The van der Waals surface area contributed by atoms with Gasteiger partial charge in [0.1, 0.15) is 0 Å². The number of nitrogens with two attached hydrogens (primary N) is 1. The highest BCUT2D eigenvalue weighted by molar-refractivity contribution is 4.83. The van der Waals surface area contributed by atoms with E-state index in [0.29, 0.717) is 12.0 Å². The molecule has 0 aromatic heterocycles. The molecule has 0 heterocycles. The predicted molar refractivity (Wildman–Crippen MR) is 63.1 cm³/mol. The van der Waals surface area contributed by atoms with E-state index < -0.39 is 0 Å². The molecule has 0 amide bonds. The molecule has 0 aromatic carbocycles. The van der Waals surface area contributed by atoms with Crippen LogP contribution < -0.4 is 5.73 Å². The molecule has 2 atom stereocenters. The van der Waals surface area contributed by atoms with Crippen molar-refractivity contribution in [1.29, 1.82) is 0 Å². The predicted octanol–water partition coefficient (Wildman–Crippen LogP) is 3.43. The van der Waals surface area contributed by atoms with Crippen LogP contribution in [-0.4, -0.2) is 6.04 Å². The third-order valence-corrected chi connectivity index (χ3v) is 4.26. The zero-order valence-electron chi connectivity index (χ0n) is 10.3. The van der Waals surface area contributed by atoms with Crippen LogP contribution in [0.4, 0.5) is 0 Å². The molecule has 1 saturated carbocycles. The molecule has 0 aliphatic heterocycles. The first-order valence-corrected chi connectivity index (χ1v) is 6.28. The van der Waals surface area contributed by atoms with Crippen molar-refractivity contribution in [1.82, 2.24) is 0 Å². The van der Waals surface area contributed by atoms with Crippen molar-refractivity contribution in [3.05, 3.63) is 0 Å². The summed E-state index contributed by atoms with van der Waals surface area (Å²) in [6.07, 6.45) is 5.51. The third-order valence-electron chi connectivity index (χ3n) is 4.26. The van der Waals surface area contributed by atoms with Gasteiger partial charge in [0.15, 0.2) is 0 Å². The van der Waals surface area contributed by atoms with Gasteiger partial charge in [-0.2, -0.15) is 0 Å². The average molecular weight is 197 g/mol. The van der Waals surface area contributed by atoms with E-state index in [1.165, 1.54) is 25.7 Å². The number of hydrogen-bond donors (Lipinski definition) is 1. The molecule has 0 saturated heterocycles. The lowest BCUT2D eigenvalue weighted by molar-refractivity contribution is 0.195. The van der Waals surface area contributed by atoms with Crippen LogP contribution in [0.15, 0.2) is 0 Å². The van der Waals surface area contributed by atoms with Gasteiger partial charge in [-0.15, -0.1) is 0 Å². The monoisotopic (exact) mass is 197 g/mol. The van der Waals surface area contributed by atoms with Crippen molar-refractivity contribution in [3.63, 3.8) is 0 Å². The molecule has 0 aromatic rings. The Morgan fingerprint density at radius 1 is 1.00 bits per heavy atom. The summed E-state index contributed by atoms with van der Waals surface area (Å²) in [5, 5.41) is 0. The fourth-order valence-electron chi connectivity index (χ4n) is 2.54. The molecule has 1 nitrogen and oxygen atoms in total. The first kappa shape index (κ1) is 12.0. The zero-order valence-corrected chi connectivity index (χ0v) is 10.3. The van der Waals surface area contributed by atoms with Crippen molar-refractivity contribution < 1.29 is 0 Å². The van der Waals surface area contributed by atoms with Crippen LogP contribution >= 0.6 is 0 Å². The standard InChI is InChI=1S/C13H27N/c1-9(2)11(4)13(14)12-7-5-10(3)6-8-12/h9-13H,5-8,14H2,1-4H3. The average Bonchev–Trinajstić information content (AvgIpc) is 2.16. The summed E-state index contributed by atoms with van der Waals surface area (Å²) in [6, 6.07) is 0.433. The van der Waals surface area contributed by atoms with Crippen LogP contribution in [0.1, 0.15) is 53.4 Å². The van der Waals surface area contributed by atoms with Crippen molar-refractivity contribution in [2.24, 2.45) is 29.4 Å². The molecular weight excluding hydrogens is 170 g/mol. The fourth-order valence-corrected chi connectivity index (χ4v) is 2.54. The molecule has 1 fully saturated rings. The first-order valence-electron chi connectivity index (χ1n) is 6.28. The minimum absolute atomic E-state index is 0.433. The molecule has 1 rings (SSSR count). The summed E-state index contributed by atoms with van der Waals surface area (Å²) in [6.45, 7) is 9.26. The van der Waals surface area contributed by atoms with Crippen LogP contribution in [0, 0.1) is 23.7 Å². The van der Waals surface area contributed by atoms with E-state index in [-0.39, 0.29) is 0 Å². The quantitative estimate of drug-likeness (QED) is 0.737. The maximum Gasteiger partial charge on any atom is 0.00954 e. The molecule has 14 heavy (non-hydrogen) atoms. The van der Waals surface area contributed by atoms with Gasteiger partial charge >= 0.3 is 0 Å². The van der Waals surface area contributed by atoms with Crippen molar-refractivity contribution >= 4 is 0 Å². The highest BCUT2D eigenvalue weighted by Crippen LogP contribution is 2.33. The second-order valence-corrected chi connectivity index (χ2v) is 5.70. The number of rotatable bonds is 3. The van der Waals surface area contributed by atoms with Gasteiger partial charge in [-0.1, -0.05) is 40.5 Å². The van der Waals surface area contributed by atoms with Gasteiger partial charge in [0.05, 0.1) is 0 Å². The Hall–Kier alpha value is -0.0400. The van der Waals surface area contributed by atoms with E-state index in [9.17, 15) is 0 Å². The van der Waals surface area contributed by atoms with Crippen LogP contribution in [0.5, 0.6) is 0 Å². The maximum absolute atomic E-state index is 6.34. The van der Waals surface area contributed by atoms with E-state index in [2.05, 4.69) is 27.7 Å². The van der Waals surface area contributed by atoms with E-state index in [0.717, 1.165) is 17.8 Å². The van der Waals surface area contributed by atoms with Gasteiger partial charge in [0.25, 0.3) is 0 Å². The molecule has 0 spiro atoms. The van der Waals surface area contributed by atoms with Crippen molar-refractivity contribution in [3.8, 4) is 0 Å². The lowest BCUT2D eigenvalue weighted by atomic mass is 9.74. The Labute approximate surface area is 89.5 Å². The number of hydrogen-bond acceptors (Lipinski definition) is 1. The Morgan fingerprint density at radius 2 is 1.50 bits per heavy atom. The molecule has 1 aliphatic rings. The van der Waals surface area contributed by atoms with E-state index in [1.54, 1.807) is 0 Å². The third kappa shape index (κ3) is 2.98. The van der Waals surface area contributed by atoms with Gasteiger partial charge in [-0.25, -0.2) is 0 Å². The SMILES string of the molecule is CC1CCC(C(N)C(C)C(C)C)CC1. The first-order chi connectivity index (χ1) is 6.52. The van der Waals surface area contributed by atoms with Crippen molar-refractivity contribution in [2.75, 3.05) is 0 Å². The summed E-state index contributed by atoms with van der Waals surface area (Å²) in [5.41, 5.74) is 6.34. The van der Waals surface area contributed by atoms with Gasteiger partial charge < -0.3 is 5.73 Å². The van der Waals surface area contributed by atoms with Gasteiger partial charge in [0.2, 0.25) is 0 Å². The summed E-state index contributed by atoms with van der Waals surface area (Å²) >= 11 is 0. The Balaban J connectivity index is 2.41. The highest BCUT2D eigenvalue weighted by atomic mass is 14.7. The van der Waals surface area contributed by atoms with Crippen molar-refractivity contribution in [2.45, 2.75) is 59.4 Å². The highest BCUT2D eigenvalue weighted by Gasteiger charge is 2.28. The van der Waals surface area contributed by atoms with Gasteiger partial charge in [-0.05, 0) is 36.5 Å². The second kappa shape index (κ2) is 5.16. The second-order valence-electron chi connectivity index (χ2n) is 5.70. The molecular formula is C13H27N.